The molecule has 2 heterocycles. The summed E-state index contributed by atoms with van der Waals surface area (Å²) in [5.74, 6) is 0.147. The van der Waals surface area contributed by atoms with Crippen molar-refractivity contribution in [2.45, 2.75) is 70.1 Å². The summed E-state index contributed by atoms with van der Waals surface area (Å²) in [6, 6.07) is 10.5. The maximum Gasteiger partial charge on any atom is 0.329 e. The molecule has 0 amide bonds. The standard InChI is InChI=1S/C27H33NO5/c1-18-14-24(23-8-11-32-25(23)15-18)22-7-6-20(16-19(22)17-33-21-4-2-3-5-21)28-27(26(29)30)9-12-31-13-10-27/h6-7,14-16,21,28H,2-5,8-13,17H2,1H3,(H,29,30). The first-order valence-corrected chi connectivity index (χ1v) is 12.1. The number of carbonyl (C=O) groups is 1. The van der Waals surface area contributed by atoms with E-state index in [9.17, 15) is 9.90 Å². The van der Waals surface area contributed by atoms with Crippen molar-refractivity contribution >= 4 is 11.7 Å². The van der Waals surface area contributed by atoms with Crippen LogP contribution < -0.4 is 10.1 Å². The van der Waals surface area contributed by atoms with Gasteiger partial charge < -0.3 is 24.6 Å². The van der Waals surface area contributed by atoms with E-state index in [1.807, 2.05) is 6.07 Å². The molecule has 3 aliphatic rings. The maximum absolute atomic E-state index is 12.2. The van der Waals surface area contributed by atoms with Crippen molar-refractivity contribution in [1.82, 2.24) is 0 Å². The lowest BCUT2D eigenvalue weighted by Crippen LogP contribution is -2.50. The second-order valence-corrected chi connectivity index (χ2v) is 9.60. The molecule has 6 heteroatoms. The van der Waals surface area contributed by atoms with Crippen LogP contribution in [0.1, 0.15) is 55.2 Å². The number of carboxylic acid groups (broad SMARTS) is 1. The molecule has 2 fully saturated rings. The molecule has 0 radical (unpaired) electrons. The molecule has 2 aromatic rings. The van der Waals surface area contributed by atoms with E-state index in [0.29, 0.717) is 45.4 Å². The highest BCUT2D eigenvalue weighted by Gasteiger charge is 2.40. The average Bonchev–Trinajstić information content (AvgIpc) is 3.50. The van der Waals surface area contributed by atoms with E-state index < -0.39 is 11.5 Å². The number of anilines is 1. The molecule has 2 aromatic carbocycles. The molecule has 0 spiro atoms. The molecule has 2 aliphatic heterocycles. The third-order valence-corrected chi connectivity index (χ3v) is 7.27. The summed E-state index contributed by atoms with van der Waals surface area (Å²) < 4.78 is 17.6. The van der Waals surface area contributed by atoms with Crippen LogP contribution in [0.3, 0.4) is 0 Å². The zero-order valence-corrected chi connectivity index (χ0v) is 19.3. The smallest absolute Gasteiger partial charge is 0.329 e. The van der Waals surface area contributed by atoms with Crippen LogP contribution in [0.25, 0.3) is 11.1 Å². The third-order valence-electron chi connectivity index (χ3n) is 7.27. The number of hydrogen-bond donors (Lipinski definition) is 2. The van der Waals surface area contributed by atoms with Crippen LogP contribution in [0, 0.1) is 6.92 Å². The molecule has 0 unspecified atom stereocenters. The van der Waals surface area contributed by atoms with E-state index in [1.54, 1.807) is 0 Å². The number of fused-ring (bicyclic) bond motifs is 1. The van der Waals surface area contributed by atoms with Crippen molar-refractivity contribution in [1.29, 1.82) is 0 Å². The Kier molecular flexibility index (Phi) is 6.30. The van der Waals surface area contributed by atoms with Crippen LogP contribution in [-0.4, -0.2) is 42.5 Å². The van der Waals surface area contributed by atoms with Gasteiger partial charge in [0.05, 0.1) is 19.3 Å². The summed E-state index contributed by atoms with van der Waals surface area (Å²) in [5, 5.41) is 13.3. The second kappa shape index (κ2) is 9.35. The SMILES string of the molecule is Cc1cc2c(c(-c3ccc(NC4(C(=O)O)CCOCC4)cc3COC3CCCC3)c1)CCO2. The van der Waals surface area contributed by atoms with Crippen LogP contribution in [0.4, 0.5) is 5.69 Å². The Morgan fingerprint density at radius 3 is 2.67 bits per heavy atom. The van der Waals surface area contributed by atoms with Gasteiger partial charge in [-0.2, -0.15) is 0 Å². The molecule has 5 rings (SSSR count). The van der Waals surface area contributed by atoms with Gasteiger partial charge in [0.15, 0.2) is 0 Å². The normalized spacial score (nSPS) is 19.8. The van der Waals surface area contributed by atoms with Crippen LogP contribution in [0.2, 0.25) is 0 Å². The van der Waals surface area contributed by atoms with Crippen molar-refractivity contribution in [2.24, 2.45) is 0 Å². The molecule has 1 aliphatic carbocycles. The predicted octanol–water partition coefficient (Wildman–Crippen LogP) is 5.10. The maximum atomic E-state index is 12.2. The highest BCUT2D eigenvalue weighted by Crippen LogP contribution is 2.39. The summed E-state index contributed by atoms with van der Waals surface area (Å²) in [6.45, 7) is 4.22. The molecule has 2 N–H and O–H groups in total. The minimum atomic E-state index is -0.998. The number of aliphatic carboxylic acids is 1. The molecule has 0 atom stereocenters. The number of hydrogen-bond acceptors (Lipinski definition) is 5. The molecule has 6 nitrogen and oxygen atoms in total. The summed E-state index contributed by atoms with van der Waals surface area (Å²) in [5.41, 5.74) is 5.64. The molecule has 1 saturated heterocycles. The van der Waals surface area contributed by atoms with Gasteiger partial charge in [0.25, 0.3) is 0 Å². The molecule has 33 heavy (non-hydrogen) atoms. The number of benzene rings is 2. The van der Waals surface area contributed by atoms with Crippen LogP contribution >= 0.6 is 0 Å². The molecule has 0 bridgehead atoms. The Labute approximate surface area is 195 Å². The van der Waals surface area contributed by atoms with Crippen molar-refractivity contribution < 1.29 is 24.1 Å². The largest absolute Gasteiger partial charge is 0.493 e. The molecular formula is C27H33NO5. The number of aryl methyl sites for hydroxylation is 1. The van der Waals surface area contributed by atoms with Crippen molar-refractivity contribution in [3.05, 3.63) is 47.0 Å². The summed E-state index contributed by atoms with van der Waals surface area (Å²) in [4.78, 5) is 12.2. The minimum absolute atomic E-state index is 0.307. The topological polar surface area (TPSA) is 77.0 Å². The summed E-state index contributed by atoms with van der Waals surface area (Å²) in [6.07, 6.45) is 6.78. The summed E-state index contributed by atoms with van der Waals surface area (Å²) in [7, 11) is 0. The highest BCUT2D eigenvalue weighted by atomic mass is 16.5. The predicted molar refractivity (Wildman–Crippen MR) is 127 cm³/mol. The van der Waals surface area contributed by atoms with Crippen molar-refractivity contribution in [3.8, 4) is 16.9 Å². The van der Waals surface area contributed by atoms with E-state index in [1.165, 1.54) is 29.5 Å². The Morgan fingerprint density at radius 2 is 1.91 bits per heavy atom. The van der Waals surface area contributed by atoms with Gasteiger partial charge in [0.1, 0.15) is 11.3 Å². The number of ether oxygens (including phenoxy) is 3. The van der Waals surface area contributed by atoms with Crippen LogP contribution in [0.5, 0.6) is 5.75 Å². The Morgan fingerprint density at radius 1 is 1.12 bits per heavy atom. The Bertz CT molecular complexity index is 1020. The van der Waals surface area contributed by atoms with Gasteiger partial charge >= 0.3 is 5.97 Å². The van der Waals surface area contributed by atoms with Crippen molar-refractivity contribution in [2.75, 3.05) is 25.1 Å². The fraction of sp³-hybridized carbons (Fsp3) is 0.519. The fourth-order valence-corrected chi connectivity index (χ4v) is 5.38. The summed E-state index contributed by atoms with van der Waals surface area (Å²) >= 11 is 0. The van der Waals surface area contributed by atoms with Gasteiger partial charge in [-0.1, -0.05) is 25.0 Å². The average molecular weight is 452 g/mol. The number of rotatable bonds is 7. The van der Waals surface area contributed by atoms with Crippen LogP contribution in [0.15, 0.2) is 30.3 Å². The van der Waals surface area contributed by atoms with E-state index in [0.717, 1.165) is 41.8 Å². The van der Waals surface area contributed by atoms with Gasteiger partial charge in [0.2, 0.25) is 0 Å². The van der Waals surface area contributed by atoms with E-state index in [4.69, 9.17) is 14.2 Å². The third kappa shape index (κ3) is 4.59. The second-order valence-electron chi connectivity index (χ2n) is 9.60. The van der Waals surface area contributed by atoms with Crippen LogP contribution in [-0.2, 0) is 27.3 Å². The lowest BCUT2D eigenvalue weighted by Gasteiger charge is -2.35. The molecule has 1 saturated carbocycles. The first kappa shape index (κ1) is 22.2. The molecule has 176 valence electrons. The fourth-order valence-electron chi connectivity index (χ4n) is 5.38. The molecular weight excluding hydrogens is 418 g/mol. The van der Waals surface area contributed by atoms with Gasteiger partial charge in [-0.15, -0.1) is 0 Å². The van der Waals surface area contributed by atoms with E-state index in [-0.39, 0.29) is 0 Å². The lowest BCUT2D eigenvalue weighted by atomic mass is 9.89. The monoisotopic (exact) mass is 451 g/mol. The van der Waals surface area contributed by atoms with Gasteiger partial charge in [-0.05, 0) is 60.2 Å². The Balaban J connectivity index is 1.50. The lowest BCUT2D eigenvalue weighted by molar-refractivity contribution is -0.145. The first-order chi connectivity index (χ1) is 16.0. The van der Waals surface area contributed by atoms with Crippen molar-refractivity contribution in [3.63, 3.8) is 0 Å². The first-order valence-electron chi connectivity index (χ1n) is 12.1. The molecule has 0 aromatic heterocycles. The quantitative estimate of drug-likeness (QED) is 0.610. The Hall–Kier alpha value is -2.57. The van der Waals surface area contributed by atoms with Gasteiger partial charge in [0, 0.05) is 43.7 Å². The zero-order chi connectivity index (χ0) is 22.8. The minimum Gasteiger partial charge on any atom is -0.493 e. The highest BCUT2D eigenvalue weighted by molar-refractivity contribution is 5.84. The number of nitrogens with one attached hydrogen (secondary N) is 1. The van der Waals surface area contributed by atoms with Gasteiger partial charge in [-0.25, -0.2) is 4.79 Å². The van der Waals surface area contributed by atoms with E-state index >= 15 is 0 Å². The van der Waals surface area contributed by atoms with E-state index in [2.05, 4.69) is 36.5 Å². The number of carboxylic acids is 1. The zero-order valence-electron chi connectivity index (χ0n) is 19.3. The van der Waals surface area contributed by atoms with Gasteiger partial charge in [-0.3, -0.25) is 0 Å².